The quantitative estimate of drug-likeness (QED) is 0.514. The number of esters is 1. The van der Waals surface area contributed by atoms with Gasteiger partial charge in [0, 0.05) is 19.0 Å². The summed E-state index contributed by atoms with van der Waals surface area (Å²) in [5.74, 6) is -1.21. The van der Waals surface area contributed by atoms with E-state index in [-0.39, 0.29) is 6.54 Å². The Labute approximate surface area is 111 Å². The average Bonchev–Trinajstić information content (AvgIpc) is 2.29. The van der Waals surface area contributed by atoms with Crippen LogP contribution in [0.5, 0.6) is 5.75 Å². The zero-order valence-corrected chi connectivity index (χ0v) is 10.8. The lowest BCUT2D eigenvalue weighted by molar-refractivity contribution is -0.142. The second-order valence-electron chi connectivity index (χ2n) is 4.14. The van der Waals surface area contributed by atoms with E-state index in [4.69, 9.17) is 9.84 Å². The monoisotopic (exact) mass is 267 g/mol. The van der Waals surface area contributed by atoms with Crippen molar-refractivity contribution < 1.29 is 24.5 Å². The van der Waals surface area contributed by atoms with Gasteiger partial charge in [-0.1, -0.05) is 18.2 Å². The number of carbonyl (C=O) groups is 2. The lowest BCUT2D eigenvalue weighted by atomic mass is 10.1. The van der Waals surface area contributed by atoms with Crippen LogP contribution in [0, 0.1) is 0 Å². The number of carboxylic acid groups (broad SMARTS) is 1. The first kappa shape index (κ1) is 15.1. The fourth-order valence-corrected chi connectivity index (χ4v) is 1.59. The van der Waals surface area contributed by atoms with E-state index < -0.39 is 24.1 Å². The Hall–Kier alpha value is -1.92. The van der Waals surface area contributed by atoms with Crippen LogP contribution >= 0.6 is 0 Å². The van der Waals surface area contributed by atoms with Crippen LogP contribution < -0.4 is 10.1 Å². The Morgan fingerprint density at radius 1 is 1.37 bits per heavy atom. The summed E-state index contributed by atoms with van der Waals surface area (Å²) < 4.78 is 5.01. The van der Waals surface area contributed by atoms with Gasteiger partial charge in [-0.3, -0.25) is 14.9 Å². The summed E-state index contributed by atoms with van der Waals surface area (Å²) in [6.07, 6.45) is -1.03. The number of carbonyl (C=O) groups excluding carboxylic acids is 1. The largest absolute Gasteiger partial charge is 0.480 e. The van der Waals surface area contributed by atoms with E-state index in [9.17, 15) is 14.7 Å². The van der Waals surface area contributed by atoms with Gasteiger partial charge in [0.15, 0.2) is 0 Å². The molecular weight excluding hydrogens is 250 g/mol. The molecule has 19 heavy (non-hydrogen) atoms. The molecule has 0 bridgehead atoms. The molecule has 0 saturated carbocycles. The number of benzene rings is 1. The van der Waals surface area contributed by atoms with E-state index in [2.05, 4.69) is 5.32 Å². The zero-order valence-electron chi connectivity index (χ0n) is 10.8. The van der Waals surface area contributed by atoms with Gasteiger partial charge in [0.05, 0.1) is 6.10 Å². The highest BCUT2D eigenvalue weighted by Gasteiger charge is 2.22. The van der Waals surface area contributed by atoms with Crippen molar-refractivity contribution in [3.05, 3.63) is 29.8 Å². The number of hydrogen-bond acceptors (Lipinski definition) is 5. The van der Waals surface area contributed by atoms with Crippen molar-refractivity contribution >= 4 is 11.9 Å². The standard InChI is InChI=1S/C13H17NO5/c1-8(15)12(13(17)18)14-7-10-5-3-4-6-11(10)19-9(2)16/h3-6,8,12,14-15H,7H2,1-2H3,(H,17,18)/t8-,12+/m1/s1. The molecule has 0 heterocycles. The molecule has 0 radical (unpaired) electrons. The van der Waals surface area contributed by atoms with E-state index in [1.165, 1.54) is 13.8 Å². The van der Waals surface area contributed by atoms with Gasteiger partial charge in [-0.05, 0) is 13.0 Å². The fraction of sp³-hybridized carbons (Fsp3) is 0.385. The van der Waals surface area contributed by atoms with Crippen LogP contribution in [0.3, 0.4) is 0 Å². The van der Waals surface area contributed by atoms with Crippen LogP contribution in [-0.2, 0) is 16.1 Å². The van der Waals surface area contributed by atoms with E-state index in [0.29, 0.717) is 11.3 Å². The lowest BCUT2D eigenvalue weighted by Gasteiger charge is -2.18. The van der Waals surface area contributed by atoms with Crippen LogP contribution in [-0.4, -0.2) is 34.3 Å². The maximum Gasteiger partial charge on any atom is 0.323 e. The van der Waals surface area contributed by atoms with Crippen molar-refractivity contribution in [3.63, 3.8) is 0 Å². The number of rotatable bonds is 6. The number of ether oxygens (including phenoxy) is 1. The predicted molar refractivity (Wildman–Crippen MR) is 67.7 cm³/mol. The van der Waals surface area contributed by atoms with Crippen molar-refractivity contribution in [2.24, 2.45) is 0 Å². The number of nitrogens with one attached hydrogen (secondary N) is 1. The van der Waals surface area contributed by atoms with Gasteiger partial charge < -0.3 is 14.9 Å². The highest BCUT2D eigenvalue weighted by molar-refractivity contribution is 5.74. The molecular formula is C13H17NO5. The highest BCUT2D eigenvalue weighted by Crippen LogP contribution is 2.18. The minimum atomic E-state index is -1.14. The fourth-order valence-electron chi connectivity index (χ4n) is 1.59. The van der Waals surface area contributed by atoms with Gasteiger partial charge >= 0.3 is 11.9 Å². The first-order valence-electron chi connectivity index (χ1n) is 5.82. The third-order valence-corrected chi connectivity index (χ3v) is 2.49. The van der Waals surface area contributed by atoms with Crippen molar-refractivity contribution in [3.8, 4) is 5.75 Å². The Balaban J connectivity index is 2.76. The van der Waals surface area contributed by atoms with Gasteiger partial charge in [-0.15, -0.1) is 0 Å². The summed E-state index contributed by atoms with van der Waals surface area (Å²) in [7, 11) is 0. The third kappa shape index (κ3) is 4.69. The number of carboxylic acids is 1. The van der Waals surface area contributed by atoms with E-state index in [1.807, 2.05) is 0 Å². The second-order valence-corrected chi connectivity index (χ2v) is 4.14. The van der Waals surface area contributed by atoms with E-state index in [1.54, 1.807) is 24.3 Å². The zero-order chi connectivity index (χ0) is 14.4. The van der Waals surface area contributed by atoms with Gasteiger partial charge in [0.25, 0.3) is 0 Å². The van der Waals surface area contributed by atoms with Crippen molar-refractivity contribution in [2.75, 3.05) is 0 Å². The molecule has 104 valence electrons. The Kier molecular flexibility index (Phi) is 5.47. The van der Waals surface area contributed by atoms with Crippen LogP contribution in [0.25, 0.3) is 0 Å². The third-order valence-electron chi connectivity index (χ3n) is 2.49. The molecule has 0 fully saturated rings. The predicted octanol–water partition coefficient (Wildman–Crippen LogP) is 0.535. The summed E-state index contributed by atoms with van der Waals surface area (Å²) in [6, 6.07) is 5.72. The van der Waals surface area contributed by atoms with Crippen LogP contribution in [0.1, 0.15) is 19.4 Å². The number of aliphatic carboxylic acids is 1. The van der Waals surface area contributed by atoms with Crippen molar-refractivity contribution in [1.82, 2.24) is 5.32 Å². The lowest BCUT2D eigenvalue weighted by Crippen LogP contribution is -2.44. The van der Waals surface area contributed by atoms with Gasteiger partial charge in [0.1, 0.15) is 11.8 Å². The molecule has 0 amide bonds. The van der Waals surface area contributed by atoms with Gasteiger partial charge in [0.2, 0.25) is 0 Å². The Morgan fingerprint density at radius 3 is 2.53 bits per heavy atom. The Morgan fingerprint density at radius 2 is 2.00 bits per heavy atom. The van der Waals surface area contributed by atoms with Gasteiger partial charge in [-0.25, -0.2) is 0 Å². The molecule has 1 rings (SSSR count). The minimum absolute atomic E-state index is 0.172. The number of aliphatic hydroxyl groups is 1. The molecule has 3 N–H and O–H groups in total. The minimum Gasteiger partial charge on any atom is -0.480 e. The maximum absolute atomic E-state index is 10.9. The molecule has 2 atom stereocenters. The number of hydrogen-bond donors (Lipinski definition) is 3. The molecule has 0 unspecified atom stereocenters. The number of aliphatic hydroxyl groups excluding tert-OH is 1. The molecule has 0 aliphatic carbocycles. The molecule has 1 aromatic rings. The van der Waals surface area contributed by atoms with Gasteiger partial charge in [-0.2, -0.15) is 0 Å². The molecule has 0 saturated heterocycles. The first-order valence-corrected chi connectivity index (χ1v) is 5.82. The topological polar surface area (TPSA) is 95.9 Å². The normalized spacial score (nSPS) is 13.6. The Bertz CT molecular complexity index is 458. The second kappa shape index (κ2) is 6.86. The number of para-hydroxylation sites is 1. The summed E-state index contributed by atoms with van der Waals surface area (Å²) >= 11 is 0. The maximum atomic E-state index is 10.9. The summed E-state index contributed by atoms with van der Waals surface area (Å²) in [4.78, 5) is 21.9. The van der Waals surface area contributed by atoms with E-state index in [0.717, 1.165) is 0 Å². The molecule has 0 aromatic heterocycles. The molecule has 0 aliphatic heterocycles. The molecule has 6 heteroatoms. The summed E-state index contributed by atoms with van der Waals surface area (Å²) in [5, 5.41) is 21.0. The van der Waals surface area contributed by atoms with Crippen molar-refractivity contribution in [1.29, 1.82) is 0 Å². The summed E-state index contributed by atoms with van der Waals surface area (Å²) in [6.45, 7) is 2.86. The van der Waals surface area contributed by atoms with Crippen LogP contribution in [0.2, 0.25) is 0 Å². The molecule has 0 aliphatic rings. The van der Waals surface area contributed by atoms with Crippen LogP contribution in [0.15, 0.2) is 24.3 Å². The SMILES string of the molecule is CC(=O)Oc1ccccc1CN[C@H](C(=O)O)[C@@H](C)O. The molecule has 6 nitrogen and oxygen atoms in total. The molecule has 1 aromatic carbocycles. The first-order chi connectivity index (χ1) is 8.91. The summed E-state index contributed by atoms with van der Waals surface area (Å²) in [5.41, 5.74) is 0.643. The highest BCUT2D eigenvalue weighted by atomic mass is 16.5. The average molecular weight is 267 g/mol. The smallest absolute Gasteiger partial charge is 0.323 e. The molecule has 0 spiro atoms. The van der Waals surface area contributed by atoms with Crippen LogP contribution in [0.4, 0.5) is 0 Å². The van der Waals surface area contributed by atoms with Crippen molar-refractivity contribution in [2.45, 2.75) is 32.5 Å². The van der Waals surface area contributed by atoms with E-state index >= 15 is 0 Å².